The molecule has 0 saturated heterocycles. The van der Waals surface area contributed by atoms with Gasteiger partial charge in [-0.25, -0.2) is 8.42 Å². The Morgan fingerprint density at radius 3 is 2.17 bits per heavy atom. The SMILES string of the molecule is Cn1nc(C(F)(F)F)cc1CS(=O)(=O)C(C)(C)c1ccccc1. The summed E-state index contributed by atoms with van der Waals surface area (Å²) in [5.74, 6) is -0.519. The van der Waals surface area contributed by atoms with Crippen LogP contribution in [0.1, 0.15) is 30.8 Å². The van der Waals surface area contributed by atoms with Gasteiger partial charge in [-0.2, -0.15) is 18.3 Å². The molecule has 1 aromatic heterocycles. The topological polar surface area (TPSA) is 52.0 Å². The normalized spacial score (nSPS) is 13.3. The zero-order valence-electron chi connectivity index (χ0n) is 12.9. The lowest BCUT2D eigenvalue weighted by Gasteiger charge is -2.25. The molecule has 0 N–H and O–H groups in total. The molecule has 0 amide bonds. The van der Waals surface area contributed by atoms with E-state index in [9.17, 15) is 21.6 Å². The van der Waals surface area contributed by atoms with Gasteiger partial charge in [0.15, 0.2) is 15.5 Å². The Hall–Kier alpha value is -1.83. The lowest BCUT2D eigenvalue weighted by Crippen LogP contribution is -2.31. The molecule has 8 heteroatoms. The van der Waals surface area contributed by atoms with E-state index in [-0.39, 0.29) is 5.69 Å². The fourth-order valence-electron chi connectivity index (χ4n) is 2.17. The summed E-state index contributed by atoms with van der Waals surface area (Å²) < 4.78 is 63.2. The highest BCUT2D eigenvalue weighted by atomic mass is 32.2. The first kappa shape index (κ1) is 17.5. The van der Waals surface area contributed by atoms with E-state index in [4.69, 9.17) is 0 Å². The van der Waals surface area contributed by atoms with Gasteiger partial charge in [0.05, 0.1) is 16.2 Å². The summed E-state index contributed by atoms with van der Waals surface area (Å²) in [6, 6.07) is 9.35. The number of hydrogen-bond donors (Lipinski definition) is 0. The van der Waals surface area contributed by atoms with Crippen molar-refractivity contribution in [2.24, 2.45) is 7.05 Å². The monoisotopic (exact) mass is 346 g/mol. The van der Waals surface area contributed by atoms with Gasteiger partial charge in [0, 0.05) is 7.05 Å². The quantitative estimate of drug-likeness (QED) is 0.854. The predicted molar refractivity (Wildman–Crippen MR) is 80.3 cm³/mol. The van der Waals surface area contributed by atoms with Gasteiger partial charge in [0.1, 0.15) is 0 Å². The summed E-state index contributed by atoms with van der Waals surface area (Å²) in [4.78, 5) is 0. The van der Waals surface area contributed by atoms with E-state index in [2.05, 4.69) is 5.10 Å². The summed E-state index contributed by atoms with van der Waals surface area (Å²) in [5.41, 5.74) is -0.512. The molecule has 0 fully saturated rings. The largest absolute Gasteiger partial charge is 0.435 e. The number of aromatic nitrogens is 2. The lowest BCUT2D eigenvalue weighted by molar-refractivity contribution is -0.141. The summed E-state index contributed by atoms with van der Waals surface area (Å²) in [5, 5.41) is 3.35. The van der Waals surface area contributed by atoms with Crippen LogP contribution in [0.2, 0.25) is 0 Å². The molecule has 0 bridgehead atoms. The molecule has 1 aromatic carbocycles. The minimum atomic E-state index is -4.60. The smallest absolute Gasteiger partial charge is 0.271 e. The molecule has 0 saturated carbocycles. The van der Waals surface area contributed by atoms with Gasteiger partial charge >= 0.3 is 6.18 Å². The highest BCUT2D eigenvalue weighted by Crippen LogP contribution is 2.33. The lowest BCUT2D eigenvalue weighted by atomic mass is 10.0. The first-order valence-corrected chi connectivity index (χ1v) is 8.48. The molecule has 0 spiro atoms. The molecule has 0 aliphatic rings. The van der Waals surface area contributed by atoms with Crippen LogP contribution < -0.4 is 0 Å². The summed E-state index contributed by atoms with van der Waals surface area (Å²) >= 11 is 0. The first-order chi connectivity index (χ1) is 10.4. The van der Waals surface area contributed by atoms with Crippen molar-refractivity contribution in [3.8, 4) is 0 Å². The molecular formula is C15H17F3N2O2S. The Kier molecular flexibility index (Phi) is 4.32. The molecular weight excluding hydrogens is 329 g/mol. The Bertz CT molecular complexity index is 794. The fourth-order valence-corrected chi connectivity index (χ4v) is 3.69. The molecule has 126 valence electrons. The zero-order valence-corrected chi connectivity index (χ0v) is 13.7. The Labute approximate surface area is 132 Å². The number of sulfone groups is 1. The number of hydrogen-bond acceptors (Lipinski definition) is 3. The molecule has 1 heterocycles. The van der Waals surface area contributed by atoms with Gasteiger partial charge in [-0.15, -0.1) is 0 Å². The minimum Gasteiger partial charge on any atom is -0.271 e. The first-order valence-electron chi connectivity index (χ1n) is 6.83. The van der Waals surface area contributed by atoms with Crippen LogP contribution >= 0.6 is 0 Å². The van der Waals surface area contributed by atoms with E-state index in [1.165, 1.54) is 7.05 Å². The third-order valence-corrected chi connectivity index (χ3v) is 6.32. The molecule has 23 heavy (non-hydrogen) atoms. The second-order valence-electron chi connectivity index (χ2n) is 5.78. The number of nitrogens with zero attached hydrogens (tertiary/aromatic N) is 2. The molecule has 0 aliphatic heterocycles. The van der Waals surface area contributed by atoms with Crippen LogP contribution in [0, 0.1) is 0 Å². The third kappa shape index (κ3) is 3.41. The average molecular weight is 346 g/mol. The standard InChI is InChI=1S/C15H17F3N2O2S/c1-14(2,11-7-5-4-6-8-11)23(21,22)10-12-9-13(15(16,17)18)19-20(12)3/h4-9H,10H2,1-3H3. The van der Waals surface area contributed by atoms with Crippen molar-refractivity contribution in [2.75, 3.05) is 0 Å². The van der Waals surface area contributed by atoms with E-state index < -0.39 is 32.2 Å². The Morgan fingerprint density at radius 2 is 1.70 bits per heavy atom. The maximum Gasteiger partial charge on any atom is 0.435 e. The van der Waals surface area contributed by atoms with E-state index >= 15 is 0 Å². The highest BCUT2D eigenvalue weighted by molar-refractivity contribution is 7.91. The van der Waals surface area contributed by atoms with Crippen LogP contribution in [0.25, 0.3) is 0 Å². The zero-order chi connectivity index (χ0) is 17.5. The Balaban J connectivity index is 2.37. The van der Waals surface area contributed by atoms with Gasteiger partial charge in [0.2, 0.25) is 0 Å². The van der Waals surface area contributed by atoms with Gasteiger partial charge in [-0.1, -0.05) is 30.3 Å². The maximum atomic E-state index is 12.7. The van der Waals surface area contributed by atoms with E-state index in [1.807, 2.05) is 0 Å². The van der Waals surface area contributed by atoms with Gasteiger partial charge in [0.25, 0.3) is 0 Å². The van der Waals surface area contributed by atoms with Gasteiger partial charge in [-0.3, -0.25) is 4.68 Å². The van der Waals surface area contributed by atoms with Crippen molar-refractivity contribution in [1.82, 2.24) is 9.78 Å². The second kappa shape index (κ2) is 5.67. The molecule has 0 aliphatic carbocycles. The van der Waals surface area contributed by atoms with Crippen LogP contribution in [0.5, 0.6) is 0 Å². The average Bonchev–Trinajstić information content (AvgIpc) is 2.80. The van der Waals surface area contributed by atoms with Crippen LogP contribution in [0.3, 0.4) is 0 Å². The van der Waals surface area contributed by atoms with Crippen LogP contribution in [-0.2, 0) is 33.6 Å². The van der Waals surface area contributed by atoms with Gasteiger partial charge < -0.3 is 0 Å². The van der Waals surface area contributed by atoms with Crippen molar-refractivity contribution in [2.45, 2.75) is 30.5 Å². The van der Waals surface area contributed by atoms with Gasteiger partial charge in [-0.05, 0) is 25.5 Å². The van der Waals surface area contributed by atoms with E-state index in [0.717, 1.165) is 10.7 Å². The number of benzene rings is 1. The minimum absolute atomic E-state index is 0.00123. The second-order valence-corrected chi connectivity index (χ2v) is 8.32. The molecule has 0 unspecified atom stereocenters. The van der Waals surface area contributed by atoms with Crippen molar-refractivity contribution in [3.05, 3.63) is 53.3 Å². The summed E-state index contributed by atoms with van der Waals surface area (Å²) in [7, 11) is -2.45. The van der Waals surface area contributed by atoms with Crippen molar-refractivity contribution in [3.63, 3.8) is 0 Å². The predicted octanol–water partition coefficient (Wildman–Crippen LogP) is 3.29. The highest BCUT2D eigenvalue weighted by Gasteiger charge is 2.39. The van der Waals surface area contributed by atoms with Crippen molar-refractivity contribution >= 4 is 9.84 Å². The van der Waals surface area contributed by atoms with Crippen molar-refractivity contribution in [1.29, 1.82) is 0 Å². The fraction of sp³-hybridized carbons (Fsp3) is 0.400. The van der Waals surface area contributed by atoms with Crippen molar-refractivity contribution < 1.29 is 21.6 Å². The summed E-state index contributed by atoms with van der Waals surface area (Å²) in [6.45, 7) is 3.08. The van der Waals surface area contributed by atoms with Crippen LogP contribution in [-0.4, -0.2) is 18.2 Å². The molecule has 0 radical (unpaired) electrons. The summed E-state index contributed by atoms with van der Waals surface area (Å²) in [6.07, 6.45) is -4.60. The number of rotatable bonds is 4. The molecule has 4 nitrogen and oxygen atoms in total. The number of aryl methyl sites for hydroxylation is 1. The van der Waals surface area contributed by atoms with Crippen LogP contribution in [0.4, 0.5) is 13.2 Å². The molecule has 2 aromatic rings. The number of halogens is 3. The Morgan fingerprint density at radius 1 is 1.13 bits per heavy atom. The maximum absolute atomic E-state index is 12.7. The third-order valence-electron chi connectivity index (χ3n) is 3.85. The van der Waals surface area contributed by atoms with E-state index in [0.29, 0.717) is 5.56 Å². The van der Waals surface area contributed by atoms with Crippen LogP contribution in [0.15, 0.2) is 36.4 Å². The number of alkyl halides is 3. The van der Waals surface area contributed by atoms with E-state index in [1.54, 1.807) is 44.2 Å². The molecule has 0 atom stereocenters. The molecule has 2 rings (SSSR count).